The standard InChI is InChI=1S/C30H37N5O3/c36-29(34-19-18-31-20-24(34)15-9-12-22-10-3-1-4-11-22)27-28(23-13-5-2-6-14-23)35(21-32-27)26-17-8-7-16-25(26)33-30(37)38/h1-6,10-11,13-14,21,24-26,31,33H,7-9,12,15-20H2,(H,37,38)/t24-,25+,26+/m1/s1. The Morgan fingerprint density at radius 3 is 2.53 bits per heavy atom. The number of carboxylic acid groups (broad SMARTS) is 1. The highest BCUT2D eigenvalue weighted by atomic mass is 16.4. The minimum Gasteiger partial charge on any atom is -0.465 e. The number of rotatable bonds is 8. The SMILES string of the molecule is O=C(O)N[C@H]1CCCC[C@@H]1n1cnc(C(=O)N2CCNC[C@H]2CCCc2ccccc2)c1-c1ccccc1. The fraction of sp³-hybridized carbons (Fsp3) is 0.433. The van der Waals surface area contributed by atoms with Gasteiger partial charge < -0.3 is 25.2 Å². The number of hydrogen-bond donors (Lipinski definition) is 3. The number of carbonyl (C=O) groups excluding carboxylic acids is 1. The van der Waals surface area contributed by atoms with Gasteiger partial charge >= 0.3 is 6.09 Å². The smallest absolute Gasteiger partial charge is 0.404 e. The van der Waals surface area contributed by atoms with Crippen LogP contribution in [0.15, 0.2) is 67.0 Å². The number of piperazine rings is 1. The first kappa shape index (κ1) is 26.0. The number of benzene rings is 2. The highest BCUT2D eigenvalue weighted by Gasteiger charge is 2.34. The van der Waals surface area contributed by atoms with Crippen LogP contribution in [-0.2, 0) is 6.42 Å². The molecule has 38 heavy (non-hydrogen) atoms. The van der Waals surface area contributed by atoms with Gasteiger partial charge in [-0.1, -0.05) is 73.5 Å². The Kier molecular flexibility index (Phi) is 8.38. The van der Waals surface area contributed by atoms with Gasteiger partial charge in [0.1, 0.15) is 0 Å². The molecule has 2 aliphatic rings. The second-order valence-corrected chi connectivity index (χ2v) is 10.4. The van der Waals surface area contributed by atoms with Crippen LogP contribution < -0.4 is 10.6 Å². The van der Waals surface area contributed by atoms with E-state index in [1.54, 1.807) is 6.33 Å². The molecule has 8 heteroatoms. The summed E-state index contributed by atoms with van der Waals surface area (Å²) < 4.78 is 2.05. The van der Waals surface area contributed by atoms with Crippen LogP contribution >= 0.6 is 0 Å². The van der Waals surface area contributed by atoms with Gasteiger partial charge in [-0.3, -0.25) is 4.79 Å². The van der Waals surface area contributed by atoms with Crippen molar-refractivity contribution in [1.29, 1.82) is 0 Å². The van der Waals surface area contributed by atoms with Crippen molar-refractivity contribution < 1.29 is 14.7 Å². The molecule has 0 unspecified atom stereocenters. The molecule has 200 valence electrons. The van der Waals surface area contributed by atoms with Crippen LogP contribution in [0.4, 0.5) is 4.79 Å². The lowest BCUT2D eigenvalue weighted by molar-refractivity contribution is 0.0618. The quantitative estimate of drug-likeness (QED) is 0.403. The molecule has 1 saturated heterocycles. The van der Waals surface area contributed by atoms with E-state index in [0.717, 1.165) is 69.3 Å². The maximum Gasteiger partial charge on any atom is 0.404 e. The van der Waals surface area contributed by atoms with Gasteiger partial charge in [-0.2, -0.15) is 0 Å². The Balaban J connectivity index is 1.42. The largest absolute Gasteiger partial charge is 0.465 e. The summed E-state index contributed by atoms with van der Waals surface area (Å²) in [5.41, 5.74) is 3.46. The van der Waals surface area contributed by atoms with E-state index in [1.165, 1.54) is 5.56 Å². The highest BCUT2D eigenvalue weighted by molar-refractivity contribution is 5.98. The van der Waals surface area contributed by atoms with Crippen LogP contribution in [0.3, 0.4) is 0 Å². The van der Waals surface area contributed by atoms with E-state index >= 15 is 0 Å². The lowest BCUT2D eigenvalue weighted by Gasteiger charge is -2.36. The molecule has 3 N–H and O–H groups in total. The van der Waals surface area contributed by atoms with E-state index < -0.39 is 6.09 Å². The van der Waals surface area contributed by atoms with Crippen molar-refractivity contribution in [3.05, 3.63) is 78.2 Å². The Morgan fingerprint density at radius 1 is 1.03 bits per heavy atom. The fourth-order valence-corrected chi connectivity index (χ4v) is 6.03. The Hall–Kier alpha value is -3.65. The van der Waals surface area contributed by atoms with Gasteiger partial charge in [-0.05, 0) is 37.7 Å². The fourth-order valence-electron chi connectivity index (χ4n) is 6.03. The number of imidazole rings is 1. The van der Waals surface area contributed by atoms with E-state index in [9.17, 15) is 14.7 Å². The zero-order chi connectivity index (χ0) is 26.3. The zero-order valence-electron chi connectivity index (χ0n) is 21.8. The van der Waals surface area contributed by atoms with Gasteiger partial charge in [0.25, 0.3) is 5.91 Å². The number of nitrogens with zero attached hydrogens (tertiary/aromatic N) is 3. The molecular weight excluding hydrogens is 478 g/mol. The first-order chi connectivity index (χ1) is 18.6. The van der Waals surface area contributed by atoms with Crippen molar-refractivity contribution in [2.45, 2.75) is 63.1 Å². The normalized spacial score (nSPS) is 21.7. The molecule has 0 radical (unpaired) electrons. The summed E-state index contributed by atoms with van der Waals surface area (Å²) in [4.78, 5) is 32.3. The van der Waals surface area contributed by atoms with Gasteiger partial charge in [0.05, 0.1) is 24.1 Å². The minimum atomic E-state index is -1.02. The average Bonchev–Trinajstić information content (AvgIpc) is 3.39. The molecule has 2 heterocycles. The van der Waals surface area contributed by atoms with Crippen molar-refractivity contribution in [3.63, 3.8) is 0 Å². The molecule has 8 nitrogen and oxygen atoms in total. The second kappa shape index (κ2) is 12.3. The topological polar surface area (TPSA) is 99.5 Å². The van der Waals surface area contributed by atoms with Crippen molar-refractivity contribution in [2.24, 2.45) is 0 Å². The molecular formula is C30H37N5O3. The van der Waals surface area contributed by atoms with Crippen molar-refractivity contribution in [1.82, 2.24) is 25.1 Å². The van der Waals surface area contributed by atoms with E-state index in [1.807, 2.05) is 41.3 Å². The molecule has 1 aromatic heterocycles. The number of carbonyl (C=O) groups is 2. The maximum atomic E-state index is 14.1. The first-order valence-electron chi connectivity index (χ1n) is 13.8. The third-order valence-corrected chi connectivity index (χ3v) is 7.90. The summed E-state index contributed by atoms with van der Waals surface area (Å²) in [7, 11) is 0. The van der Waals surface area contributed by atoms with Crippen LogP contribution in [0.1, 0.15) is 60.6 Å². The Morgan fingerprint density at radius 2 is 1.76 bits per heavy atom. The maximum absolute atomic E-state index is 14.1. The summed E-state index contributed by atoms with van der Waals surface area (Å²) in [6, 6.07) is 20.2. The molecule has 1 saturated carbocycles. The average molecular weight is 516 g/mol. The second-order valence-electron chi connectivity index (χ2n) is 10.4. The highest BCUT2D eigenvalue weighted by Crippen LogP contribution is 2.35. The summed E-state index contributed by atoms with van der Waals surface area (Å²) in [6.45, 7) is 2.17. The van der Waals surface area contributed by atoms with E-state index in [-0.39, 0.29) is 24.0 Å². The molecule has 2 fully saturated rings. The third-order valence-electron chi connectivity index (χ3n) is 7.90. The van der Waals surface area contributed by atoms with Crippen LogP contribution in [0, 0.1) is 0 Å². The molecule has 5 rings (SSSR count). The van der Waals surface area contributed by atoms with Crippen molar-refractivity contribution >= 4 is 12.0 Å². The third kappa shape index (κ3) is 5.91. The van der Waals surface area contributed by atoms with Crippen molar-refractivity contribution in [2.75, 3.05) is 19.6 Å². The van der Waals surface area contributed by atoms with Crippen LogP contribution in [-0.4, -0.2) is 63.3 Å². The molecule has 2 amide bonds. The number of aryl methyl sites for hydroxylation is 1. The van der Waals surface area contributed by atoms with E-state index in [0.29, 0.717) is 12.2 Å². The van der Waals surface area contributed by atoms with E-state index in [4.69, 9.17) is 4.98 Å². The van der Waals surface area contributed by atoms with Crippen LogP contribution in [0.2, 0.25) is 0 Å². The Labute approximate surface area is 224 Å². The van der Waals surface area contributed by atoms with Crippen LogP contribution in [0.25, 0.3) is 11.3 Å². The van der Waals surface area contributed by atoms with Crippen LogP contribution in [0.5, 0.6) is 0 Å². The van der Waals surface area contributed by atoms with Gasteiger partial charge in [0.15, 0.2) is 5.69 Å². The molecule has 2 aromatic carbocycles. The van der Waals surface area contributed by atoms with Gasteiger partial charge in [0.2, 0.25) is 0 Å². The first-order valence-corrected chi connectivity index (χ1v) is 13.8. The number of amides is 2. The molecule has 1 aliphatic heterocycles. The molecule has 0 bridgehead atoms. The summed E-state index contributed by atoms with van der Waals surface area (Å²) >= 11 is 0. The van der Waals surface area contributed by atoms with Gasteiger partial charge in [-0.15, -0.1) is 0 Å². The molecule has 0 spiro atoms. The Bertz CT molecular complexity index is 1210. The minimum absolute atomic E-state index is 0.0487. The van der Waals surface area contributed by atoms with E-state index in [2.05, 4.69) is 39.5 Å². The number of hydrogen-bond acceptors (Lipinski definition) is 4. The van der Waals surface area contributed by atoms with Crippen molar-refractivity contribution in [3.8, 4) is 11.3 Å². The van der Waals surface area contributed by atoms with Gasteiger partial charge in [0, 0.05) is 31.2 Å². The number of aromatic nitrogens is 2. The number of nitrogens with one attached hydrogen (secondary N) is 2. The summed E-state index contributed by atoms with van der Waals surface area (Å²) in [5.74, 6) is -0.0487. The summed E-state index contributed by atoms with van der Waals surface area (Å²) in [5, 5.41) is 15.6. The molecule has 3 atom stereocenters. The lowest BCUT2D eigenvalue weighted by Crippen LogP contribution is -2.53. The van der Waals surface area contributed by atoms with Gasteiger partial charge in [-0.25, -0.2) is 9.78 Å². The monoisotopic (exact) mass is 515 g/mol. The molecule has 1 aliphatic carbocycles. The summed E-state index contributed by atoms with van der Waals surface area (Å²) in [6.07, 6.45) is 7.25. The molecule has 3 aromatic rings. The predicted molar refractivity (Wildman–Crippen MR) is 147 cm³/mol. The lowest BCUT2D eigenvalue weighted by atomic mass is 9.89. The zero-order valence-corrected chi connectivity index (χ0v) is 21.8. The predicted octanol–water partition coefficient (Wildman–Crippen LogP) is 4.74.